The van der Waals surface area contributed by atoms with Crippen LogP contribution in [0.15, 0.2) is 66.3 Å². The average Bonchev–Trinajstić information content (AvgIpc) is 3.36. The number of para-hydroxylation sites is 2. The summed E-state index contributed by atoms with van der Waals surface area (Å²) in [5, 5.41) is 4.87. The maximum Gasteiger partial charge on any atom is 0.267 e. The van der Waals surface area contributed by atoms with E-state index in [1.165, 1.54) is 6.92 Å². The van der Waals surface area contributed by atoms with E-state index in [4.69, 9.17) is 4.74 Å². The zero-order valence-electron chi connectivity index (χ0n) is 16.1. The molecule has 0 fully saturated rings. The Bertz CT molecular complexity index is 1220. The highest BCUT2D eigenvalue weighted by Gasteiger charge is 2.32. The minimum absolute atomic E-state index is 0.132. The summed E-state index contributed by atoms with van der Waals surface area (Å²) in [5.74, 6) is 0.0908. The lowest BCUT2D eigenvalue weighted by atomic mass is 10.1. The van der Waals surface area contributed by atoms with Crippen LogP contribution in [0.5, 0.6) is 5.75 Å². The van der Waals surface area contributed by atoms with Gasteiger partial charge in [-0.25, -0.2) is 4.98 Å². The molecule has 1 aliphatic rings. The Kier molecular flexibility index (Phi) is 4.48. The lowest BCUT2D eigenvalue weighted by Crippen LogP contribution is -2.48. The molecule has 1 atom stereocenters. The number of imidazole rings is 1. The molecule has 8 heteroatoms. The van der Waals surface area contributed by atoms with Crippen LogP contribution in [0.3, 0.4) is 0 Å². The van der Waals surface area contributed by atoms with Gasteiger partial charge in [0, 0.05) is 35.9 Å². The van der Waals surface area contributed by atoms with Crippen LogP contribution in [-0.2, 0) is 9.59 Å². The molecule has 4 aromatic rings. The molecule has 0 saturated heterocycles. The topological polar surface area (TPSA) is 75.9 Å². The molecule has 0 spiro atoms. The molecular formula is C22H18N4O3S. The third-order valence-corrected chi connectivity index (χ3v) is 5.76. The highest BCUT2D eigenvalue weighted by atomic mass is 32.1. The van der Waals surface area contributed by atoms with E-state index in [1.807, 2.05) is 64.6 Å². The van der Waals surface area contributed by atoms with Crippen LogP contribution >= 0.6 is 11.3 Å². The van der Waals surface area contributed by atoms with Crippen LogP contribution in [0.25, 0.3) is 16.2 Å². The smallest absolute Gasteiger partial charge is 0.267 e. The van der Waals surface area contributed by atoms with E-state index in [-0.39, 0.29) is 18.4 Å². The van der Waals surface area contributed by atoms with Gasteiger partial charge in [0.1, 0.15) is 5.75 Å². The Labute approximate surface area is 176 Å². The molecule has 2 aromatic carbocycles. The van der Waals surface area contributed by atoms with Crippen LogP contribution < -0.4 is 15.0 Å². The first-order chi connectivity index (χ1) is 14.6. The van der Waals surface area contributed by atoms with Crippen molar-refractivity contribution in [1.82, 2.24) is 9.38 Å². The van der Waals surface area contributed by atoms with Gasteiger partial charge in [-0.15, -0.1) is 11.3 Å². The van der Waals surface area contributed by atoms with Gasteiger partial charge in [-0.3, -0.25) is 14.0 Å². The van der Waals surface area contributed by atoms with Gasteiger partial charge < -0.3 is 15.0 Å². The lowest BCUT2D eigenvalue weighted by molar-refractivity contribution is -0.123. The second-order valence-electron chi connectivity index (χ2n) is 6.99. The molecule has 0 radical (unpaired) electrons. The van der Waals surface area contributed by atoms with Gasteiger partial charge in [0.2, 0.25) is 5.91 Å². The summed E-state index contributed by atoms with van der Waals surface area (Å²) in [4.78, 5) is 31.9. The first-order valence-electron chi connectivity index (χ1n) is 9.46. The van der Waals surface area contributed by atoms with E-state index < -0.39 is 6.10 Å². The molecule has 2 amide bonds. The normalized spacial score (nSPS) is 15.5. The van der Waals surface area contributed by atoms with Crippen molar-refractivity contribution < 1.29 is 14.3 Å². The van der Waals surface area contributed by atoms with Gasteiger partial charge in [-0.2, -0.15) is 0 Å². The number of hydrogen-bond acceptors (Lipinski definition) is 5. The molecule has 30 heavy (non-hydrogen) atoms. The molecular weight excluding hydrogens is 400 g/mol. The highest BCUT2D eigenvalue weighted by Crippen LogP contribution is 2.33. The largest absolute Gasteiger partial charge is 0.476 e. The standard InChI is InChI=1S/C22H18N4O3S/c1-14(27)26-13-20(29-19-5-3-2-4-18(19)26)21(28)23-16-8-6-15(7-9-16)17-12-25-10-11-30-22(25)24-17/h2-12,20H,13H2,1H3,(H,23,28). The average molecular weight is 418 g/mol. The Morgan fingerprint density at radius 3 is 2.73 bits per heavy atom. The molecule has 5 rings (SSSR count). The van der Waals surface area contributed by atoms with Crippen molar-refractivity contribution in [1.29, 1.82) is 0 Å². The SMILES string of the molecule is CC(=O)N1CC(C(=O)Nc2ccc(-c3cn4ccsc4n3)cc2)Oc2ccccc21. The summed E-state index contributed by atoms with van der Waals surface area (Å²) in [6, 6.07) is 14.7. The number of benzene rings is 2. The first-order valence-corrected chi connectivity index (χ1v) is 10.3. The number of thiazole rings is 1. The zero-order chi connectivity index (χ0) is 20.7. The van der Waals surface area contributed by atoms with Crippen LogP contribution in [0.2, 0.25) is 0 Å². The van der Waals surface area contributed by atoms with Gasteiger partial charge >= 0.3 is 0 Å². The number of nitrogens with zero attached hydrogens (tertiary/aromatic N) is 3. The number of fused-ring (bicyclic) bond motifs is 2. The molecule has 7 nitrogen and oxygen atoms in total. The summed E-state index contributed by atoms with van der Waals surface area (Å²) in [6.45, 7) is 1.65. The predicted octanol–water partition coefficient (Wildman–Crippen LogP) is 3.82. The molecule has 150 valence electrons. The summed E-state index contributed by atoms with van der Waals surface area (Å²) < 4.78 is 7.83. The van der Waals surface area contributed by atoms with Crippen molar-refractivity contribution >= 4 is 39.5 Å². The van der Waals surface area contributed by atoms with Gasteiger partial charge in [0.15, 0.2) is 11.1 Å². The Hall–Kier alpha value is -3.65. The fourth-order valence-electron chi connectivity index (χ4n) is 3.48. The Morgan fingerprint density at radius 1 is 1.17 bits per heavy atom. The second kappa shape index (κ2) is 7.31. The fraction of sp³-hybridized carbons (Fsp3) is 0.136. The second-order valence-corrected chi connectivity index (χ2v) is 7.86. The zero-order valence-corrected chi connectivity index (χ0v) is 16.9. The van der Waals surface area contributed by atoms with Crippen molar-refractivity contribution in [2.75, 3.05) is 16.8 Å². The number of hydrogen-bond donors (Lipinski definition) is 1. The molecule has 0 aliphatic carbocycles. The maximum atomic E-state index is 12.8. The third-order valence-electron chi connectivity index (χ3n) is 4.99. The van der Waals surface area contributed by atoms with E-state index in [1.54, 1.807) is 22.3 Å². The van der Waals surface area contributed by atoms with Crippen molar-refractivity contribution in [3.63, 3.8) is 0 Å². The van der Waals surface area contributed by atoms with E-state index in [0.717, 1.165) is 16.2 Å². The van der Waals surface area contributed by atoms with Crippen molar-refractivity contribution in [3.05, 3.63) is 66.3 Å². The Balaban J connectivity index is 1.31. The van der Waals surface area contributed by atoms with E-state index in [0.29, 0.717) is 17.1 Å². The van der Waals surface area contributed by atoms with Crippen LogP contribution in [0, 0.1) is 0 Å². The van der Waals surface area contributed by atoms with Crippen molar-refractivity contribution in [2.24, 2.45) is 0 Å². The number of rotatable bonds is 3. The van der Waals surface area contributed by atoms with E-state index >= 15 is 0 Å². The molecule has 1 N–H and O–H groups in total. The third kappa shape index (κ3) is 3.31. The summed E-state index contributed by atoms with van der Waals surface area (Å²) in [6.07, 6.45) is 3.16. The molecule has 0 bridgehead atoms. The number of anilines is 2. The lowest BCUT2D eigenvalue weighted by Gasteiger charge is -2.33. The maximum absolute atomic E-state index is 12.8. The monoisotopic (exact) mass is 418 g/mol. The summed E-state index contributed by atoms with van der Waals surface area (Å²) in [7, 11) is 0. The molecule has 2 aromatic heterocycles. The number of ether oxygens (including phenoxy) is 1. The first kappa shape index (κ1) is 18.4. The molecule has 3 heterocycles. The van der Waals surface area contributed by atoms with Gasteiger partial charge in [0.25, 0.3) is 5.91 Å². The van der Waals surface area contributed by atoms with E-state index in [2.05, 4.69) is 10.3 Å². The molecule has 0 saturated carbocycles. The fourth-order valence-corrected chi connectivity index (χ4v) is 4.18. The summed E-state index contributed by atoms with van der Waals surface area (Å²) in [5.41, 5.74) is 3.18. The number of aromatic nitrogens is 2. The van der Waals surface area contributed by atoms with Crippen molar-refractivity contribution in [2.45, 2.75) is 13.0 Å². The van der Waals surface area contributed by atoms with Crippen LogP contribution in [0.4, 0.5) is 11.4 Å². The van der Waals surface area contributed by atoms with Gasteiger partial charge in [-0.1, -0.05) is 24.3 Å². The number of carbonyl (C=O) groups is 2. The quantitative estimate of drug-likeness (QED) is 0.549. The minimum Gasteiger partial charge on any atom is -0.476 e. The van der Waals surface area contributed by atoms with Crippen LogP contribution in [-0.4, -0.2) is 33.8 Å². The highest BCUT2D eigenvalue weighted by molar-refractivity contribution is 7.15. The number of carbonyl (C=O) groups excluding carboxylic acids is 2. The van der Waals surface area contributed by atoms with Crippen LogP contribution in [0.1, 0.15) is 6.92 Å². The van der Waals surface area contributed by atoms with Crippen molar-refractivity contribution in [3.8, 4) is 17.0 Å². The molecule has 1 unspecified atom stereocenters. The summed E-state index contributed by atoms with van der Waals surface area (Å²) >= 11 is 1.58. The minimum atomic E-state index is -0.789. The number of amides is 2. The van der Waals surface area contributed by atoms with Gasteiger partial charge in [0.05, 0.1) is 17.9 Å². The van der Waals surface area contributed by atoms with Gasteiger partial charge in [-0.05, 0) is 24.3 Å². The molecule has 1 aliphatic heterocycles. The van der Waals surface area contributed by atoms with E-state index in [9.17, 15) is 9.59 Å². The predicted molar refractivity (Wildman–Crippen MR) is 116 cm³/mol. The Morgan fingerprint density at radius 2 is 1.97 bits per heavy atom. The number of nitrogens with one attached hydrogen (secondary N) is 1.